The van der Waals surface area contributed by atoms with E-state index in [4.69, 9.17) is 13.8 Å². The number of nitrogens with zero attached hydrogens (tertiary/aromatic N) is 1. The maximum absolute atomic E-state index is 12.4. The summed E-state index contributed by atoms with van der Waals surface area (Å²) in [6, 6.07) is 4.29. The van der Waals surface area contributed by atoms with E-state index in [1.807, 2.05) is 0 Å². The third-order valence-corrected chi connectivity index (χ3v) is 5.19. The molecular weight excluding hydrogens is 285 g/mol. The Labute approximate surface area is 115 Å². The average molecular weight is 299 g/mol. The minimum Gasteiger partial charge on any atom is -0.461 e. The van der Waals surface area contributed by atoms with Crippen molar-refractivity contribution in [1.29, 1.82) is 0 Å². The lowest BCUT2D eigenvalue weighted by atomic mass is 10.1. The summed E-state index contributed by atoms with van der Waals surface area (Å²) in [5.74, 6) is 0.939. The first-order chi connectivity index (χ1) is 9.41. The molecule has 0 fully saturated rings. The molecule has 0 unspecified atom stereocenters. The summed E-state index contributed by atoms with van der Waals surface area (Å²) in [5, 5.41) is 11.2. The normalized spacial score (nSPS) is 14.8. The van der Waals surface area contributed by atoms with Crippen molar-refractivity contribution in [2.45, 2.75) is 13.3 Å². The Morgan fingerprint density at radius 2 is 2.00 bits per heavy atom. The molecule has 1 aliphatic rings. The molecule has 1 aliphatic heterocycles. The van der Waals surface area contributed by atoms with Gasteiger partial charge < -0.3 is 13.8 Å². The average Bonchev–Trinajstić information content (AvgIpc) is 2.45. The number of ether oxygens (including phenoxy) is 1. The number of rotatable bonds is 4. The Hall–Kier alpha value is -1.69. The van der Waals surface area contributed by atoms with E-state index in [0.717, 1.165) is 0 Å². The van der Waals surface area contributed by atoms with E-state index in [0.29, 0.717) is 22.4 Å². The van der Waals surface area contributed by atoms with Crippen LogP contribution in [0.1, 0.15) is 12.5 Å². The van der Waals surface area contributed by atoms with Crippen molar-refractivity contribution < 1.29 is 23.3 Å². The lowest BCUT2D eigenvalue weighted by Crippen LogP contribution is -2.10. The minimum absolute atomic E-state index is 0.0454. The van der Waals surface area contributed by atoms with Gasteiger partial charge in [0.2, 0.25) is 0 Å². The molecule has 0 atom stereocenters. The van der Waals surface area contributed by atoms with Gasteiger partial charge in [0.05, 0.1) is 10.2 Å². The highest BCUT2D eigenvalue weighted by atomic mass is 31.2. The second-order valence-electron chi connectivity index (χ2n) is 4.19. The lowest BCUT2D eigenvalue weighted by Gasteiger charge is -2.25. The second-order valence-corrected chi connectivity index (χ2v) is 6.46. The Balaban J connectivity index is 2.45. The fourth-order valence-corrected chi connectivity index (χ4v) is 3.42. The van der Waals surface area contributed by atoms with Crippen LogP contribution in [0, 0.1) is 10.1 Å². The molecule has 0 aliphatic carbocycles. The number of hydrogen-bond acceptors (Lipinski definition) is 6. The minimum atomic E-state index is -3.42. The zero-order chi connectivity index (χ0) is 14.9. The number of nitro benzene ring substituents is 1. The largest absolute Gasteiger partial charge is 0.461 e. The quantitative estimate of drug-likeness (QED) is 0.482. The van der Waals surface area contributed by atoms with Crippen LogP contribution in [0.2, 0.25) is 0 Å². The number of allylic oxidation sites excluding steroid dienone is 2. The topological polar surface area (TPSA) is 87.9 Å². The van der Waals surface area contributed by atoms with Crippen molar-refractivity contribution in [3.8, 4) is 5.75 Å². The van der Waals surface area contributed by atoms with E-state index in [2.05, 4.69) is 0 Å². The van der Waals surface area contributed by atoms with Crippen LogP contribution in [0.4, 0.5) is 5.69 Å². The fraction of sp³-hybridized carbons (Fsp3) is 0.333. The summed E-state index contributed by atoms with van der Waals surface area (Å²) in [4.78, 5) is 10.3. The lowest BCUT2D eigenvalue weighted by molar-refractivity contribution is -0.384. The highest BCUT2D eigenvalue weighted by Crippen LogP contribution is 2.58. The number of non-ortho nitro benzene ring substituents is 1. The maximum atomic E-state index is 12.4. The van der Waals surface area contributed by atoms with Crippen LogP contribution in [0.25, 0.3) is 0 Å². The van der Waals surface area contributed by atoms with Gasteiger partial charge in [0.1, 0.15) is 11.5 Å². The highest BCUT2D eigenvalue weighted by Gasteiger charge is 2.34. The molecule has 8 heteroatoms. The molecule has 1 heterocycles. The second kappa shape index (κ2) is 5.36. The molecule has 0 N–H and O–H groups in total. The summed E-state index contributed by atoms with van der Waals surface area (Å²) in [6.07, 6.45) is 0.224. The predicted molar refractivity (Wildman–Crippen MR) is 71.8 cm³/mol. The summed E-state index contributed by atoms with van der Waals surface area (Å²) in [7, 11) is -0.852. The SMILES string of the molecule is COP(=O)(OC)C1=C(C)Oc2ccc([N+](=O)[O-])cc2C1. The van der Waals surface area contributed by atoms with Gasteiger partial charge in [-0.1, -0.05) is 0 Å². The standard InChI is InChI=1S/C12H14NO6P/c1-8-12(20(16,17-2)18-3)7-9-6-10(13(14)15)4-5-11(9)19-8/h4-6H,7H2,1-3H3. The summed E-state index contributed by atoms with van der Waals surface area (Å²) < 4.78 is 27.9. The van der Waals surface area contributed by atoms with Crippen molar-refractivity contribution in [2.75, 3.05) is 14.2 Å². The predicted octanol–water partition coefficient (Wildman–Crippen LogP) is 3.25. The molecule has 1 aromatic rings. The third-order valence-electron chi connectivity index (χ3n) is 3.09. The van der Waals surface area contributed by atoms with E-state index < -0.39 is 12.5 Å². The highest BCUT2D eigenvalue weighted by molar-refractivity contribution is 7.58. The van der Waals surface area contributed by atoms with Crippen LogP contribution in [-0.4, -0.2) is 19.1 Å². The molecule has 1 aromatic carbocycles. The first kappa shape index (κ1) is 14.7. The van der Waals surface area contributed by atoms with Crippen molar-refractivity contribution in [2.24, 2.45) is 0 Å². The maximum Gasteiger partial charge on any atom is 0.360 e. The van der Waals surface area contributed by atoms with Crippen LogP contribution >= 0.6 is 7.60 Å². The molecule has 7 nitrogen and oxygen atoms in total. The number of hydrogen-bond donors (Lipinski definition) is 0. The van der Waals surface area contributed by atoms with Crippen LogP contribution in [0.5, 0.6) is 5.75 Å². The fourth-order valence-electron chi connectivity index (χ4n) is 2.03. The first-order valence-electron chi connectivity index (χ1n) is 5.78. The zero-order valence-corrected chi connectivity index (χ0v) is 12.2. The van der Waals surface area contributed by atoms with Gasteiger partial charge in [-0.25, -0.2) is 0 Å². The summed E-state index contributed by atoms with van der Waals surface area (Å²) in [6.45, 7) is 1.66. The van der Waals surface area contributed by atoms with E-state index in [-0.39, 0.29) is 12.1 Å². The number of benzene rings is 1. The Morgan fingerprint density at radius 3 is 2.55 bits per heavy atom. The third kappa shape index (κ3) is 2.47. The van der Waals surface area contributed by atoms with E-state index in [1.165, 1.54) is 32.4 Å². The van der Waals surface area contributed by atoms with Crippen molar-refractivity contribution >= 4 is 13.3 Å². The number of fused-ring (bicyclic) bond motifs is 1. The van der Waals surface area contributed by atoms with Gasteiger partial charge in [-0.15, -0.1) is 0 Å². The Kier molecular flexibility index (Phi) is 3.94. The van der Waals surface area contributed by atoms with Gasteiger partial charge in [0.25, 0.3) is 5.69 Å². The summed E-state index contributed by atoms with van der Waals surface area (Å²) in [5.41, 5.74) is 0.532. The van der Waals surface area contributed by atoms with Crippen molar-refractivity contribution in [1.82, 2.24) is 0 Å². The smallest absolute Gasteiger partial charge is 0.360 e. The molecule has 0 amide bonds. The van der Waals surface area contributed by atoms with Crippen LogP contribution < -0.4 is 4.74 Å². The zero-order valence-electron chi connectivity index (χ0n) is 11.3. The van der Waals surface area contributed by atoms with E-state index >= 15 is 0 Å². The molecule has 108 valence electrons. The van der Waals surface area contributed by atoms with Gasteiger partial charge >= 0.3 is 7.60 Å². The van der Waals surface area contributed by atoms with E-state index in [1.54, 1.807) is 6.92 Å². The number of nitro groups is 1. The molecule has 20 heavy (non-hydrogen) atoms. The molecule has 0 saturated carbocycles. The van der Waals surface area contributed by atoms with Crippen molar-refractivity contribution in [3.63, 3.8) is 0 Å². The Bertz CT molecular complexity index is 631. The van der Waals surface area contributed by atoms with Gasteiger partial charge in [-0.2, -0.15) is 0 Å². The monoisotopic (exact) mass is 299 g/mol. The molecule has 0 aromatic heterocycles. The Morgan fingerprint density at radius 1 is 1.35 bits per heavy atom. The van der Waals surface area contributed by atoms with Crippen LogP contribution in [-0.2, 0) is 20.0 Å². The van der Waals surface area contributed by atoms with E-state index in [9.17, 15) is 14.7 Å². The van der Waals surface area contributed by atoms with Crippen molar-refractivity contribution in [3.05, 3.63) is 45.0 Å². The van der Waals surface area contributed by atoms with Gasteiger partial charge in [0, 0.05) is 38.3 Å². The van der Waals surface area contributed by atoms with Gasteiger partial charge in [0.15, 0.2) is 0 Å². The van der Waals surface area contributed by atoms with Gasteiger partial charge in [-0.3, -0.25) is 14.7 Å². The van der Waals surface area contributed by atoms with Crippen LogP contribution in [0.3, 0.4) is 0 Å². The van der Waals surface area contributed by atoms with Gasteiger partial charge in [-0.05, 0) is 13.0 Å². The molecule has 0 radical (unpaired) electrons. The van der Waals surface area contributed by atoms with Crippen LogP contribution in [0.15, 0.2) is 29.3 Å². The molecule has 0 spiro atoms. The summed E-state index contributed by atoms with van der Waals surface area (Å²) >= 11 is 0. The molecule has 0 saturated heterocycles. The molecular formula is C12H14NO6P. The molecule has 0 bridgehead atoms. The first-order valence-corrected chi connectivity index (χ1v) is 7.32. The molecule has 2 rings (SSSR count).